The molecule has 0 aliphatic carbocycles. The van der Waals surface area contributed by atoms with Crippen LogP contribution in [0.4, 0.5) is 10.7 Å². The van der Waals surface area contributed by atoms with Gasteiger partial charge in [-0.3, -0.25) is 4.79 Å². The number of aromatic nitrogens is 2. The first-order valence-corrected chi connectivity index (χ1v) is 11.4. The Hall–Kier alpha value is -2.40. The van der Waals surface area contributed by atoms with Crippen LogP contribution >= 0.6 is 0 Å². The molecule has 2 saturated heterocycles. The third-order valence-electron chi connectivity index (χ3n) is 6.13. The summed E-state index contributed by atoms with van der Waals surface area (Å²) in [4.78, 5) is 35.2. The molecular formula is C22H36BN5O5. The van der Waals surface area contributed by atoms with Crippen molar-refractivity contribution in [1.82, 2.24) is 20.2 Å². The average molecular weight is 461 g/mol. The first-order chi connectivity index (χ1) is 15.2. The number of amides is 2. The molecule has 0 saturated carbocycles. The third kappa shape index (κ3) is 6.14. The molecule has 2 amide bonds. The van der Waals surface area contributed by atoms with Crippen molar-refractivity contribution in [2.75, 3.05) is 18.4 Å². The Bertz CT molecular complexity index is 855. The molecule has 182 valence electrons. The van der Waals surface area contributed by atoms with Crippen molar-refractivity contribution in [3.8, 4) is 0 Å². The summed E-state index contributed by atoms with van der Waals surface area (Å²) in [6, 6.07) is -0.653. The van der Waals surface area contributed by atoms with Crippen LogP contribution in [0.5, 0.6) is 0 Å². The number of likely N-dealkylation sites (tertiary alicyclic amines) is 1. The second-order valence-electron chi connectivity index (χ2n) is 10.7. The van der Waals surface area contributed by atoms with E-state index in [-0.39, 0.29) is 11.9 Å². The minimum absolute atomic E-state index is 0.0189. The molecule has 0 bridgehead atoms. The Morgan fingerprint density at radius 3 is 2.30 bits per heavy atom. The summed E-state index contributed by atoms with van der Waals surface area (Å²) >= 11 is 0. The Balaban J connectivity index is 1.50. The Morgan fingerprint density at radius 1 is 1.18 bits per heavy atom. The molecule has 0 spiro atoms. The molecule has 11 heteroatoms. The first-order valence-electron chi connectivity index (χ1n) is 11.4. The number of hydrogen-bond donors (Lipinski definition) is 2. The van der Waals surface area contributed by atoms with Crippen LogP contribution in [0.2, 0.25) is 0 Å². The minimum Gasteiger partial charge on any atom is -0.444 e. The molecule has 1 aromatic heterocycles. The SMILES string of the molecule is C[C@H](NC(=O)OC(C)(C)C)C(=O)N1CC[C@H](Nc2ncc(B3OC(C)(C)C(C)(C)O3)cn2)C1. The molecule has 0 aromatic carbocycles. The third-order valence-corrected chi connectivity index (χ3v) is 6.13. The van der Waals surface area contributed by atoms with Gasteiger partial charge in [-0.1, -0.05) is 0 Å². The number of ether oxygens (including phenoxy) is 1. The van der Waals surface area contributed by atoms with Gasteiger partial charge >= 0.3 is 13.2 Å². The van der Waals surface area contributed by atoms with Crippen LogP contribution in [0.15, 0.2) is 12.4 Å². The summed E-state index contributed by atoms with van der Waals surface area (Å²) in [6.07, 6.45) is 3.55. The number of carbonyl (C=O) groups excluding carboxylic acids is 2. The predicted molar refractivity (Wildman–Crippen MR) is 125 cm³/mol. The van der Waals surface area contributed by atoms with Crippen molar-refractivity contribution in [3.63, 3.8) is 0 Å². The maximum atomic E-state index is 12.7. The number of anilines is 1. The molecule has 1 aromatic rings. The van der Waals surface area contributed by atoms with E-state index in [1.807, 2.05) is 27.7 Å². The summed E-state index contributed by atoms with van der Waals surface area (Å²) in [6.45, 7) is 16.1. The monoisotopic (exact) mass is 461 g/mol. The first kappa shape index (κ1) is 25.2. The molecule has 0 unspecified atom stereocenters. The van der Waals surface area contributed by atoms with Gasteiger partial charge in [0.25, 0.3) is 0 Å². The predicted octanol–water partition coefficient (Wildman–Crippen LogP) is 1.70. The van der Waals surface area contributed by atoms with Crippen LogP contribution in [0, 0.1) is 0 Å². The van der Waals surface area contributed by atoms with Crippen molar-refractivity contribution >= 4 is 30.5 Å². The topological polar surface area (TPSA) is 115 Å². The molecule has 10 nitrogen and oxygen atoms in total. The minimum atomic E-state index is -0.672. The molecule has 2 aliphatic heterocycles. The molecule has 2 fully saturated rings. The number of rotatable bonds is 5. The Morgan fingerprint density at radius 2 is 1.76 bits per heavy atom. The lowest BCUT2D eigenvalue weighted by atomic mass is 9.81. The van der Waals surface area contributed by atoms with Crippen LogP contribution in [-0.2, 0) is 18.8 Å². The van der Waals surface area contributed by atoms with Gasteiger partial charge in [0.2, 0.25) is 11.9 Å². The van der Waals surface area contributed by atoms with Gasteiger partial charge in [0, 0.05) is 37.0 Å². The number of nitrogens with one attached hydrogen (secondary N) is 2. The Labute approximate surface area is 196 Å². The number of alkyl carbamates (subject to hydrolysis) is 1. The molecule has 2 N–H and O–H groups in total. The molecule has 2 aliphatic rings. The van der Waals surface area contributed by atoms with Gasteiger partial charge in [-0.2, -0.15) is 0 Å². The zero-order valence-electron chi connectivity index (χ0n) is 20.9. The highest BCUT2D eigenvalue weighted by Gasteiger charge is 2.52. The fourth-order valence-electron chi connectivity index (χ4n) is 3.59. The van der Waals surface area contributed by atoms with Crippen molar-refractivity contribution in [3.05, 3.63) is 12.4 Å². The molecule has 2 atom stereocenters. The summed E-state index contributed by atoms with van der Waals surface area (Å²) < 4.78 is 17.3. The summed E-state index contributed by atoms with van der Waals surface area (Å²) in [5.41, 5.74) is -0.717. The highest BCUT2D eigenvalue weighted by atomic mass is 16.7. The standard InChI is InChI=1S/C22H36BN5O5/c1-14(26-19(30)31-20(2,3)4)17(29)28-10-9-16(13-28)27-18-24-11-15(12-25-18)23-32-21(5,6)22(7,8)33-23/h11-12,14,16H,9-10,13H2,1-8H3,(H,26,30)(H,24,25,27)/t14-,16-/m0/s1. The fraction of sp³-hybridized carbons (Fsp3) is 0.727. The van der Waals surface area contributed by atoms with E-state index in [0.29, 0.717) is 19.0 Å². The summed E-state index contributed by atoms with van der Waals surface area (Å²) in [7, 11) is -0.511. The fourth-order valence-corrected chi connectivity index (χ4v) is 3.59. The molecule has 33 heavy (non-hydrogen) atoms. The lowest BCUT2D eigenvalue weighted by Gasteiger charge is -2.32. The lowest BCUT2D eigenvalue weighted by molar-refractivity contribution is -0.132. The Kier molecular flexibility index (Phi) is 6.96. The van der Waals surface area contributed by atoms with E-state index in [9.17, 15) is 9.59 Å². The maximum Gasteiger partial charge on any atom is 0.498 e. The molecule has 3 rings (SSSR count). The van der Waals surface area contributed by atoms with E-state index in [1.165, 1.54) is 0 Å². The smallest absolute Gasteiger partial charge is 0.444 e. The highest BCUT2D eigenvalue weighted by Crippen LogP contribution is 2.36. The highest BCUT2D eigenvalue weighted by molar-refractivity contribution is 6.61. The van der Waals surface area contributed by atoms with Crippen LogP contribution in [0.25, 0.3) is 0 Å². The van der Waals surface area contributed by atoms with E-state index in [1.54, 1.807) is 45.0 Å². The molecule has 3 heterocycles. The second kappa shape index (κ2) is 9.10. The van der Waals surface area contributed by atoms with Gasteiger partial charge in [-0.15, -0.1) is 0 Å². The average Bonchev–Trinajstić information content (AvgIpc) is 3.21. The van der Waals surface area contributed by atoms with Crippen molar-refractivity contribution in [2.24, 2.45) is 0 Å². The number of nitrogens with zero attached hydrogens (tertiary/aromatic N) is 3. The zero-order chi connectivity index (χ0) is 24.6. The number of hydrogen-bond acceptors (Lipinski definition) is 8. The van der Waals surface area contributed by atoms with Gasteiger partial charge < -0.3 is 29.6 Å². The molecule has 0 radical (unpaired) electrons. The zero-order valence-corrected chi connectivity index (χ0v) is 20.9. The van der Waals surface area contributed by atoms with E-state index < -0.39 is 36.1 Å². The summed E-state index contributed by atoms with van der Waals surface area (Å²) in [5, 5.41) is 5.88. The quantitative estimate of drug-likeness (QED) is 0.637. The van der Waals surface area contributed by atoms with Gasteiger partial charge in [-0.25, -0.2) is 14.8 Å². The second-order valence-corrected chi connectivity index (χ2v) is 10.7. The van der Waals surface area contributed by atoms with E-state index in [0.717, 1.165) is 11.9 Å². The van der Waals surface area contributed by atoms with E-state index in [4.69, 9.17) is 14.0 Å². The molecular weight excluding hydrogens is 425 g/mol. The van der Waals surface area contributed by atoms with Gasteiger partial charge in [-0.05, 0) is 61.8 Å². The van der Waals surface area contributed by atoms with Crippen LogP contribution in [0.3, 0.4) is 0 Å². The van der Waals surface area contributed by atoms with Crippen LogP contribution in [0.1, 0.15) is 61.8 Å². The maximum absolute atomic E-state index is 12.7. The van der Waals surface area contributed by atoms with E-state index in [2.05, 4.69) is 20.6 Å². The largest absolute Gasteiger partial charge is 0.498 e. The summed E-state index contributed by atoms with van der Waals surface area (Å²) in [5.74, 6) is 0.330. The van der Waals surface area contributed by atoms with Crippen molar-refractivity contribution in [1.29, 1.82) is 0 Å². The lowest BCUT2D eigenvalue weighted by Crippen LogP contribution is -2.47. The van der Waals surface area contributed by atoms with Crippen LogP contribution < -0.4 is 16.1 Å². The normalized spacial score (nSPS) is 22.7. The van der Waals surface area contributed by atoms with Gasteiger partial charge in [0.1, 0.15) is 11.6 Å². The van der Waals surface area contributed by atoms with Gasteiger partial charge in [0.15, 0.2) is 0 Å². The van der Waals surface area contributed by atoms with Crippen LogP contribution in [-0.4, -0.2) is 76.0 Å². The van der Waals surface area contributed by atoms with E-state index >= 15 is 0 Å². The van der Waals surface area contributed by atoms with Crippen molar-refractivity contribution < 1.29 is 23.6 Å². The van der Waals surface area contributed by atoms with Crippen molar-refractivity contribution in [2.45, 2.75) is 90.7 Å². The number of carbonyl (C=O) groups is 2. The van der Waals surface area contributed by atoms with Gasteiger partial charge in [0.05, 0.1) is 11.2 Å².